The molecule has 0 amide bonds. The van der Waals surface area contributed by atoms with Crippen LogP contribution < -0.4 is 4.74 Å². The van der Waals surface area contributed by atoms with E-state index in [1.54, 1.807) is 11.9 Å². The van der Waals surface area contributed by atoms with Crippen molar-refractivity contribution < 1.29 is 23.8 Å². The number of ether oxygens (including phenoxy) is 2. The zero-order valence-corrected chi connectivity index (χ0v) is 13.5. The first-order valence-corrected chi connectivity index (χ1v) is 7.59. The van der Waals surface area contributed by atoms with Gasteiger partial charge < -0.3 is 14.6 Å². The molecule has 0 aromatic heterocycles. The SMILES string of the molecule is COc1cc(F)ccc1[C@@H](C(=O)O)N(C)CCN1CCOCC1. The molecular formula is C16H23FN2O4. The van der Waals surface area contributed by atoms with Gasteiger partial charge in [-0.1, -0.05) is 6.07 Å². The first kappa shape index (κ1) is 17.7. The van der Waals surface area contributed by atoms with Gasteiger partial charge in [0.15, 0.2) is 0 Å². The highest BCUT2D eigenvalue weighted by molar-refractivity contribution is 5.76. The van der Waals surface area contributed by atoms with Crippen LogP contribution in [0.15, 0.2) is 18.2 Å². The maximum Gasteiger partial charge on any atom is 0.325 e. The maximum absolute atomic E-state index is 13.3. The number of rotatable bonds is 7. The minimum absolute atomic E-state index is 0.246. The quantitative estimate of drug-likeness (QED) is 0.813. The van der Waals surface area contributed by atoms with E-state index in [1.165, 1.54) is 25.3 Å². The Labute approximate surface area is 135 Å². The van der Waals surface area contributed by atoms with Crippen LogP contribution >= 0.6 is 0 Å². The van der Waals surface area contributed by atoms with Crippen LogP contribution in [0, 0.1) is 5.82 Å². The second-order valence-corrected chi connectivity index (χ2v) is 5.56. The van der Waals surface area contributed by atoms with Crippen LogP contribution in [0.4, 0.5) is 4.39 Å². The van der Waals surface area contributed by atoms with Crippen LogP contribution in [0.5, 0.6) is 5.75 Å². The summed E-state index contributed by atoms with van der Waals surface area (Å²) >= 11 is 0. The average molecular weight is 326 g/mol. The van der Waals surface area contributed by atoms with Crippen LogP contribution in [0.25, 0.3) is 0 Å². The third-order valence-corrected chi connectivity index (χ3v) is 4.04. The fraction of sp³-hybridized carbons (Fsp3) is 0.562. The number of nitrogens with zero attached hydrogens (tertiary/aromatic N) is 2. The summed E-state index contributed by atoms with van der Waals surface area (Å²) < 4.78 is 23.8. The lowest BCUT2D eigenvalue weighted by molar-refractivity contribution is -0.143. The monoisotopic (exact) mass is 326 g/mol. The first-order chi connectivity index (χ1) is 11.0. The number of hydrogen-bond donors (Lipinski definition) is 1. The van der Waals surface area contributed by atoms with Crippen molar-refractivity contribution in [3.05, 3.63) is 29.6 Å². The van der Waals surface area contributed by atoms with Crippen LogP contribution in [0.3, 0.4) is 0 Å². The largest absolute Gasteiger partial charge is 0.496 e. The molecule has 1 saturated heterocycles. The number of methoxy groups -OCH3 is 1. The molecule has 0 bridgehead atoms. The van der Waals surface area contributed by atoms with E-state index in [-0.39, 0.29) is 5.75 Å². The Morgan fingerprint density at radius 3 is 2.78 bits per heavy atom. The van der Waals surface area contributed by atoms with Crippen LogP contribution in [-0.2, 0) is 9.53 Å². The fourth-order valence-electron chi connectivity index (χ4n) is 2.72. The molecule has 1 atom stereocenters. The van der Waals surface area contributed by atoms with Crippen LogP contribution in [0.1, 0.15) is 11.6 Å². The zero-order chi connectivity index (χ0) is 16.8. The van der Waals surface area contributed by atoms with Gasteiger partial charge >= 0.3 is 5.97 Å². The summed E-state index contributed by atoms with van der Waals surface area (Å²) in [5, 5.41) is 9.60. The molecule has 6 nitrogen and oxygen atoms in total. The third kappa shape index (κ3) is 4.63. The normalized spacial score (nSPS) is 17.2. The van der Waals surface area contributed by atoms with Gasteiger partial charge in [0.2, 0.25) is 0 Å². The summed E-state index contributed by atoms with van der Waals surface area (Å²) in [4.78, 5) is 15.7. The number of hydrogen-bond acceptors (Lipinski definition) is 5. The molecule has 1 aliphatic heterocycles. The standard InChI is InChI=1S/C16H23FN2O4/c1-18(5-6-19-7-9-23-10-8-19)15(16(20)21)13-4-3-12(17)11-14(13)22-2/h3-4,11,15H,5-10H2,1-2H3,(H,20,21)/t15-/m0/s1. The van der Waals surface area contributed by atoms with Crippen molar-refractivity contribution in [2.45, 2.75) is 6.04 Å². The molecule has 7 heteroatoms. The van der Waals surface area contributed by atoms with Crippen molar-refractivity contribution in [2.24, 2.45) is 0 Å². The minimum atomic E-state index is -0.987. The Morgan fingerprint density at radius 2 is 2.17 bits per heavy atom. The molecule has 0 spiro atoms. The minimum Gasteiger partial charge on any atom is -0.496 e. The summed E-state index contributed by atoms with van der Waals surface area (Å²) in [6, 6.07) is 3.05. The number of benzene rings is 1. The van der Waals surface area contributed by atoms with Crippen molar-refractivity contribution >= 4 is 5.97 Å². The van der Waals surface area contributed by atoms with E-state index < -0.39 is 17.8 Å². The summed E-state index contributed by atoms with van der Waals surface area (Å²) in [7, 11) is 3.16. The maximum atomic E-state index is 13.3. The molecule has 1 fully saturated rings. The Balaban J connectivity index is 2.09. The van der Waals surface area contributed by atoms with Crippen LogP contribution in [-0.4, -0.2) is 74.4 Å². The molecule has 23 heavy (non-hydrogen) atoms. The highest BCUT2D eigenvalue weighted by atomic mass is 19.1. The average Bonchev–Trinajstić information content (AvgIpc) is 2.55. The molecule has 1 aromatic carbocycles. The van der Waals surface area contributed by atoms with Gasteiger partial charge in [-0.25, -0.2) is 4.39 Å². The lowest BCUT2D eigenvalue weighted by Gasteiger charge is -2.31. The Bertz CT molecular complexity index is 535. The molecule has 128 valence electrons. The molecular weight excluding hydrogens is 303 g/mol. The van der Waals surface area contributed by atoms with Gasteiger partial charge in [0.05, 0.1) is 20.3 Å². The molecule has 1 aromatic rings. The third-order valence-electron chi connectivity index (χ3n) is 4.04. The number of carboxylic acid groups (broad SMARTS) is 1. The van der Waals surface area contributed by atoms with Gasteiger partial charge in [-0.15, -0.1) is 0 Å². The van der Waals surface area contributed by atoms with Gasteiger partial charge in [-0.3, -0.25) is 14.6 Å². The highest BCUT2D eigenvalue weighted by Crippen LogP contribution is 2.29. The number of aliphatic carboxylic acids is 1. The second kappa shape index (κ2) is 8.24. The van der Waals surface area contributed by atoms with Crippen molar-refractivity contribution in [3.8, 4) is 5.75 Å². The van der Waals surface area contributed by atoms with E-state index in [0.29, 0.717) is 25.3 Å². The Morgan fingerprint density at radius 1 is 1.48 bits per heavy atom. The number of halogens is 1. The summed E-state index contributed by atoms with van der Waals surface area (Å²) in [5.41, 5.74) is 0.450. The van der Waals surface area contributed by atoms with E-state index in [2.05, 4.69) is 4.90 Å². The van der Waals surface area contributed by atoms with Crippen molar-refractivity contribution in [3.63, 3.8) is 0 Å². The predicted molar refractivity (Wildman–Crippen MR) is 83.2 cm³/mol. The van der Waals surface area contributed by atoms with E-state index >= 15 is 0 Å². The second-order valence-electron chi connectivity index (χ2n) is 5.56. The molecule has 0 saturated carbocycles. The molecule has 1 aliphatic rings. The van der Waals surface area contributed by atoms with Crippen molar-refractivity contribution in [2.75, 3.05) is 53.6 Å². The van der Waals surface area contributed by atoms with E-state index in [0.717, 1.165) is 19.6 Å². The Hall–Kier alpha value is -1.70. The number of morpholine rings is 1. The molecule has 1 N–H and O–H groups in total. The predicted octanol–water partition coefficient (Wildman–Crippen LogP) is 1.22. The summed E-state index contributed by atoms with van der Waals surface area (Å²) in [6.45, 7) is 4.46. The van der Waals surface area contributed by atoms with Gasteiger partial charge in [0.25, 0.3) is 0 Å². The zero-order valence-electron chi connectivity index (χ0n) is 13.5. The topological polar surface area (TPSA) is 62.2 Å². The van der Waals surface area contributed by atoms with Crippen molar-refractivity contribution in [1.82, 2.24) is 9.80 Å². The van der Waals surface area contributed by atoms with Crippen LogP contribution in [0.2, 0.25) is 0 Å². The molecule has 0 unspecified atom stereocenters. The van der Waals surface area contributed by atoms with Gasteiger partial charge in [-0.2, -0.15) is 0 Å². The molecule has 0 aliphatic carbocycles. The number of carbonyl (C=O) groups is 1. The summed E-state index contributed by atoms with van der Waals surface area (Å²) in [6.07, 6.45) is 0. The van der Waals surface area contributed by atoms with E-state index in [4.69, 9.17) is 9.47 Å². The van der Waals surface area contributed by atoms with E-state index in [1.807, 2.05) is 0 Å². The van der Waals surface area contributed by atoms with Crippen molar-refractivity contribution in [1.29, 1.82) is 0 Å². The lowest BCUT2D eigenvalue weighted by atomic mass is 10.0. The fourth-order valence-corrected chi connectivity index (χ4v) is 2.72. The summed E-state index contributed by atoms with van der Waals surface area (Å²) in [5.74, 6) is -1.19. The molecule has 2 rings (SSSR count). The number of likely N-dealkylation sites (N-methyl/N-ethyl adjacent to an activating group) is 1. The smallest absolute Gasteiger partial charge is 0.325 e. The van der Waals surface area contributed by atoms with Gasteiger partial charge in [-0.05, 0) is 13.1 Å². The molecule has 0 radical (unpaired) electrons. The van der Waals surface area contributed by atoms with E-state index in [9.17, 15) is 14.3 Å². The first-order valence-electron chi connectivity index (χ1n) is 7.59. The Kier molecular flexibility index (Phi) is 6.32. The number of carboxylic acids is 1. The lowest BCUT2D eigenvalue weighted by Crippen LogP contribution is -2.42. The van der Waals surface area contributed by atoms with Gasteiger partial charge in [0, 0.05) is 37.8 Å². The van der Waals surface area contributed by atoms with Gasteiger partial charge in [0.1, 0.15) is 17.6 Å². The highest BCUT2D eigenvalue weighted by Gasteiger charge is 2.28. The molecule has 1 heterocycles.